The summed E-state index contributed by atoms with van der Waals surface area (Å²) in [6, 6.07) is 11.8. The zero-order valence-electron chi connectivity index (χ0n) is 27.1. The van der Waals surface area contributed by atoms with Gasteiger partial charge in [0.1, 0.15) is 11.3 Å². The number of carbonyl (C=O) groups excluding carboxylic acids is 2. The standard InChI is InChI=1S/C35H38F2N8O3/c1-18(40-33(46)23-15-39-44(17-23)35(36)37)20-6-7-21-12-29(43(28(21)11-20)16-19-4-5-19)32-41-26-10-22(13-30(48-3)31(26)42(32)2)34(47)45-24-8-9-27(45)25(38)14-24/h6-7,10-13,15,17-19,24-25,27,35H,4-5,8-9,14,16,38H2,1-3H3,(H,40,46)/t18-,24+,25-,27-/m1/s1. The van der Waals surface area contributed by atoms with Crippen LogP contribution in [-0.2, 0) is 13.6 Å². The Balaban J connectivity index is 1.15. The molecule has 3 aromatic heterocycles. The molecule has 250 valence electrons. The average molecular weight is 657 g/mol. The first kappa shape index (κ1) is 30.5. The van der Waals surface area contributed by atoms with Crippen molar-refractivity contribution in [3.05, 3.63) is 65.5 Å². The van der Waals surface area contributed by atoms with Gasteiger partial charge in [-0.3, -0.25) is 9.59 Å². The number of imidazole rings is 1. The van der Waals surface area contributed by atoms with Crippen molar-refractivity contribution in [3.63, 3.8) is 0 Å². The number of aryl methyl sites for hydroxylation is 1. The number of fused-ring (bicyclic) bond motifs is 4. The van der Waals surface area contributed by atoms with Gasteiger partial charge in [0, 0.05) is 54.4 Å². The number of alkyl halides is 2. The maximum atomic E-state index is 13.8. The Hall–Kier alpha value is -4.78. The van der Waals surface area contributed by atoms with Crippen LogP contribution in [0.1, 0.15) is 77.9 Å². The van der Waals surface area contributed by atoms with Crippen LogP contribution in [-0.4, -0.2) is 65.8 Å². The molecule has 48 heavy (non-hydrogen) atoms. The molecular weight excluding hydrogens is 618 g/mol. The minimum atomic E-state index is -2.81. The Morgan fingerprint density at radius 3 is 2.58 bits per heavy atom. The Morgan fingerprint density at radius 2 is 1.92 bits per heavy atom. The van der Waals surface area contributed by atoms with Gasteiger partial charge in [0.2, 0.25) is 0 Å². The molecule has 3 N–H and O–H groups in total. The lowest BCUT2D eigenvalue weighted by molar-refractivity contribution is 0.0565. The summed E-state index contributed by atoms with van der Waals surface area (Å²) in [6.07, 6.45) is 7.26. The summed E-state index contributed by atoms with van der Waals surface area (Å²) in [5.41, 5.74) is 11.3. The van der Waals surface area contributed by atoms with Gasteiger partial charge >= 0.3 is 6.55 Å². The van der Waals surface area contributed by atoms with Gasteiger partial charge in [-0.05, 0) is 74.8 Å². The fourth-order valence-corrected chi connectivity index (χ4v) is 7.73. The zero-order valence-corrected chi connectivity index (χ0v) is 27.1. The largest absolute Gasteiger partial charge is 0.494 e. The predicted octanol–water partition coefficient (Wildman–Crippen LogP) is 5.40. The van der Waals surface area contributed by atoms with Crippen molar-refractivity contribution in [2.45, 2.75) is 76.3 Å². The molecule has 11 nitrogen and oxygen atoms in total. The number of benzene rings is 2. The molecule has 3 fully saturated rings. The van der Waals surface area contributed by atoms with E-state index < -0.39 is 12.5 Å². The normalized spacial score (nSPS) is 21.1. The van der Waals surface area contributed by atoms with Gasteiger partial charge in [-0.25, -0.2) is 9.67 Å². The first-order valence-corrected chi connectivity index (χ1v) is 16.5. The van der Waals surface area contributed by atoms with Crippen molar-refractivity contribution >= 4 is 33.8 Å². The van der Waals surface area contributed by atoms with Crippen molar-refractivity contribution in [3.8, 4) is 17.3 Å². The Kier molecular flexibility index (Phi) is 7.27. The van der Waals surface area contributed by atoms with Gasteiger partial charge in [-0.2, -0.15) is 13.9 Å². The highest BCUT2D eigenvalue weighted by Crippen LogP contribution is 2.41. The number of methoxy groups -OCH3 is 1. The number of ether oxygens (including phenoxy) is 1. The molecular formula is C35H38F2N8O3. The van der Waals surface area contributed by atoms with Crippen molar-refractivity contribution in [1.82, 2.24) is 34.1 Å². The maximum absolute atomic E-state index is 13.8. The van der Waals surface area contributed by atoms with E-state index in [2.05, 4.69) is 27.1 Å². The number of nitrogens with zero attached hydrogens (tertiary/aromatic N) is 6. The van der Waals surface area contributed by atoms with Crippen LogP contribution in [0, 0.1) is 5.92 Å². The topological polar surface area (TPSA) is 125 Å². The number of hydrogen-bond acceptors (Lipinski definition) is 6. The summed E-state index contributed by atoms with van der Waals surface area (Å²) >= 11 is 0. The zero-order chi connectivity index (χ0) is 33.4. The van der Waals surface area contributed by atoms with E-state index in [0.717, 1.165) is 84.5 Å². The number of carbonyl (C=O) groups is 2. The van der Waals surface area contributed by atoms with Crippen molar-refractivity contribution < 1.29 is 23.1 Å². The lowest BCUT2D eigenvalue weighted by Gasteiger charge is -2.23. The molecule has 0 spiro atoms. The van der Waals surface area contributed by atoms with E-state index in [1.165, 1.54) is 0 Å². The van der Waals surface area contributed by atoms with Gasteiger partial charge in [0.15, 0.2) is 5.82 Å². The Labute approximate surface area is 275 Å². The molecule has 2 bridgehead atoms. The van der Waals surface area contributed by atoms with Crippen LogP contribution in [0.2, 0.25) is 0 Å². The molecule has 8 rings (SSSR count). The van der Waals surface area contributed by atoms with E-state index in [1.54, 1.807) is 7.11 Å². The van der Waals surface area contributed by atoms with Crippen LogP contribution in [0.15, 0.2) is 48.8 Å². The highest BCUT2D eigenvalue weighted by Gasteiger charge is 2.47. The van der Waals surface area contributed by atoms with E-state index in [9.17, 15) is 18.4 Å². The molecule has 1 saturated carbocycles. The quantitative estimate of drug-likeness (QED) is 0.219. The number of nitrogens with two attached hydrogens (primary N) is 1. The van der Waals surface area contributed by atoms with Crippen LogP contribution < -0.4 is 15.8 Å². The van der Waals surface area contributed by atoms with Crippen molar-refractivity contribution in [2.24, 2.45) is 18.7 Å². The number of nitrogens with one attached hydrogen (secondary N) is 1. The number of aromatic nitrogens is 5. The minimum absolute atomic E-state index is 0.0194. The average Bonchev–Trinajstić information content (AvgIpc) is 3.45. The summed E-state index contributed by atoms with van der Waals surface area (Å²) in [5, 5.41) is 7.51. The first-order valence-electron chi connectivity index (χ1n) is 16.5. The fraction of sp³-hybridized carbons (Fsp3) is 0.429. The highest BCUT2D eigenvalue weighted by molar-refractivity contribution is 6.01. The van der Waals surface area contributed by atoms with Gasteiger partial charge in [0.25, 0.3) is 11.8 Å². The number of amides is 2. The van der Waals surface area contributed by atoms with Crippen LogP contribution in [0.3, 0.4) is 0 Å². The summed E-state index contributed by atoms with van der Waals surface area (Å²) in [6.45, 7) is -0.132. The molecule has 5 heterocycles. The molecule has 1 aliphatic carbocycles. The molecule has 2 amide bonds. The molecule has 13 heteroatoms. The van der Waals surface area contributed by atoms with E-state index >= 15 is 0 Å². The molecule has 0 radical (unpaired) electrons. The molecule has 5 aromatic rings. The first-order chi connectivity index (χ1) is 23.1. The predicted molar refractivity (Wildman–Crippen MR) is 176 cm³/mol. The smallest absolute Gasteiger partial charge is 0.333 e. The van der Waals surface area contributed by atoms with Crippen LogP contribution in [0.4, 0.5) is 8.78 Å². The Bertz CT molecular complexity index is 2080. The summed E-state index contributed by atoms with van der Waals surface area (Å²) < 4.78 is 36.6. The molecule has 3 aliphatic rings. The number of halogens is 2. The van der Waals surface area contributed by atoms with Crippen molar-refractivity contribution in [1.29, 1.82) is 0 Å². The summed E-state index contributed by atoms with van der Waals surface area (Å²) in [4.78, 5) is 33.7. The lowest BCUT2D eigenvalue weighted by Crippen LogP contribution is -2.40. The van der Waals surface area contributed by atoms with Crippen LogP contribution in [0.5, 0.6) is 5.75 Å². The Morgan fingerprint density at radius 1 is 1.10 bits per heavy atom. The van der Waals surface area contributed by atoms with E-state index in [4.69, 9.17) is 15.5 Å². The van der Waals surface area contributed by atoms with Gasteiger partial charge in [0.05, 0.1) is 36.1 Å². The monoisotopic (exact) mass is 656 g/mol. The molecule has 4 atom stereocenters. The van der Waals surface area contributed by atoms with Crippen LogP contribution >= 0.6 is 0 Å². The second kappa shape index (κ2) is 11.4. The fourth-order valence-electron chi connectivity index (χ4n) is 7.73. The van der Waals surface area contributed by atoms with Crippen molar-refractivity contribution in [2.75, 3.05) is 7.11 Å². The maximum Gasteiger partial charge on any atom is 0.333 e. The SMILES string of the molecule is COc1cc(C(=O)N2[C@H]3CC[C@@H]2[C@H](N)C3)cc2nc(-c3cc4ccc([C@@H](C)NC(=O)c5cnn(C(F)F)c5)cc4n3CC3CC3)n(C)c12. The van der Waals surface area contributed by atoms with Gasteiger partial charge < -0.3 is 29.8 Å². The second-order valence-electron chi connectivity index (χ2n) is 13.5. The lowest BCUT2D eigenvalue weighted by atomic mass is 9.97. The van der Waals surface area contributed by atoms with Gasteiger partial charge in [-0.1, -0.05) is 12.1 Å². The second-order valence-corrected chi connectivity index (χ2v) is 13.5. The van der Waals surface area contributed by atoms with E-state index in [0.29, 0.717) is 27.4 Å². The third kappa shape index (κ3) is 5.02. The number of rotatable bonds is 9. The third-order valence-electron chi connectivity index (χ3n) is 10.4. The van der Waals surface area contributed by atoms with E-state index in [-0.39, 0.29) is 35.6 Å². The molecule has 2 saturated heterocycles. The van der Waals surface area contributed by atoms with E-state index in [1.807, 2.05) is 47.7 Å². The summed E-state index contributed by atoms with van der Waals surface area (Å²) in [7, 11) is 3.58. The highest BCUT2D eigenvalue weighted by atomic mass is 19.3. The molecule has 2 aromatic carbocycles. The molecule has 2 aliphatic heterocycles. The van der Waals surface area contributed by atoms with Crippen LogP contribution in [0.25, 0.3) is 33.5 Å². The number of hydrogen-bond donors (Lipinski definition) is 2. The third-order valence-corrected chi connectivity index (χ3v) is 10.4. The molecule has 0 unspecified atom stereocenters. The van der Waals surface area contributed by atoms with Gasteiger partial charge in [-0.15, -0.1) is 0 Å². The summed E-state index contributed by atoms with van der Waals surface area (Å²) in [5.74, 6) is 1.40. The minimum Gasteiger partial charge on any atom is -0.494 e.